The van der Waals surface area contributed by atoms with Gasteiger partial charge in [-0.05, 0) is 30.3 Å². The summed E-state index contributed by atoms with van der Waals surface area (Å²) in [6, 6.07) is 14.9. The molecule has 0 aliphatic heterocycles. The number of nitro groups is 1. The summed E-state index contributed by atoms with van der Waals surface area (Å²) in [6.07, 6.45) is 4.78. The number of hydrogen-bond acceptors (Lipinski definition) is 8. The molecule has 34 heavy (non-hydrogen) atoms. The van der Waals surface area contributed by atoms with Crippen molar-refractivity contribution in [3.63, 3.8) is 0 Å². The number of non-ortho nitro benzene ring substituents is 1. The van der Waals surface area contributed by atoms with Crippen LogP contribution in [0.1, 0.15) is 11.1 Å². The molecule has 0 unspecified atom stereocenters. The Bertz CT molecular complexity index is 1630. The van der Waals surface area contributed by atoms with Crippen LogP contribution in [0.5, 0.6) is 5.75 Å². The highest BCUT2D eigenvalue weighted by molar-refractivity contribution is 7.15. The Labute approximate surface area is 200 Å². The molecule has 0 N–H and O–H groups in total. The van der Waals surface area contributed by atoms with E-state index >= 15 is 0 Å². The van der Waals surface area contributed by atoms with Crippen LogP contribution >= 0.6 is 22.9 Å². The first-order valence-electron chi connectivity index (χ1n) is 9.96. The number of fused-ring (bicyclic) bond motifs is 1. The third kappa shape index (κ3) is 4.24. The van der Waals surface area contributed by atoms with Gasteiger partial charge in [0.05, 0.1) is 9.46 Å². The Hall–Kier alpha value is -4.15. The largest absolute Gasteiger partial charge is 0.488 e. The first-order chi connectivity index (χ1) is 16.5. The molecule has 2 aromatic carbocycles. The summed E-state index contributed by atoms with van der Waals surface area (Å²) < 4.78 is 7.44. The number of rotatable bonds is 6. The van der Waals surface area contributed by atoms with Crippen LogP contribution in [-0.2, 0) is 6.61 Å². The van der Waals surface area contributed by atoms with Crippen molar-refractivity contribution < 1.29 is 9.66 Å². The molecule has 0 saturated carbocycles. The molecule has 3 heterocycles. The second-order valence-electron chi connectivity index (χ2n) is 7.14. The molecule has 5 rings (SSSR count). The van der Waals surface area contributed by atoms with Gasteiger partial charge in [-0.2, -0.15) is 9.50 Å². The lowest BCUT2D eigenvalue weighted by molar-refractivity contribution is -0.384. The van der Waals surface area contributed by atoms with Crippen molar-refractivity contribution in [2.75, 3.05) is 0 Å². The lowest BCUT2D eigenvalue weighted by Gasteiger charge is -2.10. The summed E-state index contributed by atoms with van der Waals surface area (Å²) in [5.74, 6) is 0.790. The summed E-state index contributed by atoms with van der Waals surface area (Å²) in [4.78, 5) is 32.6. The van der Waals surface area contributed by atoms with Crippen LogP contribution in [0.3, 0.4) is 0 Å². The highest BCUT2D eigenvalue weighted by Crippen LogP contribution is 2.27. The Kier molecular flexibility index (Phi) is 5.74. The topological polar surface area (TPSA) is 113 Å². The van der Waals surface area contributed by atoms with Gasteiger partial charge < -0.3 is 4.74 Å². The van der Waals surface area contributed by atoms with E-state index in [9.17, 15) is 14.9 Å². The zero-order chi connectivity index (χ0) is 23.7. The molecule has 9 nitrogen and oxygen atoms in total. The Balaban J connectivity index is 1.55. The summed E-state index contributed by atoms with van der Waals surface area (Å²) in [5, 5.41) is 16.2. The third-order valence-corrected chi connectivity index (χ3v) is 6.28. The molecule has 0 fully saturated rings. The molecular formula is C23H14ClN5O4S. The minimum absolute atomic E-state index is 0.122. The highest BCUT2D eigenvalue weighted by atomic mass is 35.5. The summed E-state index contributed by atoms with van der Waals surface area (Å²) in [6.45, 7) is 0.160. The minimum atomic E-state index is -0.503. The predicted octanol–water partition coefficient (Wildman–Crippen LogP) is 3.90. The zero-order valence-corrected chi connectivity index (χ0v) is 18.9. The molecule has 0 aliphatic rings. The molecule has 0 aliphatic carbocycles. The number of halogens is 1. The second kappa shape index (κ2) is 9.00. The van der Waals surface area contributed by atoms with E-state index < -0.39 is 4.92 Å². The standard InChI is InChI=1S/C23H14ClN5O4S/c24-18-4-2-1-3-15(18)13-33-19-6-5-17(29(31)32)11-16(19)12-20-22(30)28-23(34-20)26-21(27-28)14-7-9-25-10-8-14/h1-12H,13H2. The maximum atomic E-state index is 13.0. The Morgan fingerprint density at radius 2 is 1.94 bits per heavy atom. The van der Waals surface area contributed by atoms with Crippen molar-refractivity contribution in [1.29, 1.82) is 0 Å². The number of benzene rings is 2. The van der Waals surface area contributed by atoms with E-state index in [2.05, 4.69) is 15.1 Å². The van der Waals surface area contributed by atoms with Crippen molar-refractivity contribution in [2.24, 2.45) is 0 Å². The van der Waals surface area contributed by atoms with Gasteiger partial charge in [0.1, 0.15) is 12.4 Å². The molecular weight excluding hydrogens is 478 g/mol. The summed E-state index contributed by atoms with van der Waals surface area (Å²) >= 11 is 7.33. The van der Waals surface area contributed by atoms with Gasteiger partial charge in [0.15, 0.2) is 5.82 Å². The van der Waals surface area contributed by atoms with Gasteiger partial charge in [-0.3, -0.25) is 19.9 Å². The van der Waals surface area contributed by atoms with Gasteiger partial charge in [0, 0.05) is 46.2 Å². The summed E-state index contributed by atoms with van der Waals surface area (Å²) in [5.41, 5.74) is 1.39. The van der Waals surface area contributed by atoms with Crippen molar-refractivity contribution in [3.05, 3.63) is 108 Å². The fourth-order valence-corrected chi connectivity index (χ4v) is 4.35. The van der Waals surface area contributed by atoms with E-state index in [1.807, 2.05) is 18.2 Å². The number of nitro benzene ring substituents is 1. The van der Waals surface area contributed by atoms with Crippen LogP contribution in [-0.4, -0.2) is 24.5 Å². The highest BCUT2D eigenvalue weighted by Gasteiger charge is 2.15. The van der Waals surface area contributed by atoms with Crippen molar-refractivity contribution in [3.8, 4) is 17.1 Å². The lowest BCUT2D eigenvalue weighted by Crippen LogP contribution is -2.23. The molecule has 11 heteroatoms. The van der Waals surface area contributed by atoms with Crippen LogP contribution < -0.4 is 14.8 Å². The number of thiazole rings is 1. The van der Waals surface area contributed by atoms with E-state index in [0.29, 0.717) is 31.7 Å². The monoisotopic (exact) mass is 491 g/mol. The first kappa shape index (κ1) is 21.7. The smallest absolute Gasteiger partial charge is 0.291 e. The average Bonchev–Trinajstić information content (AvgIpc) is 3.39. The van der Waals surface area contributed by atoms with Crippen LogP contribution in [0.2, 0.25) is 5.02 Å². The zero-order valence-electron chi connectivity index (χ0n) is 17.3. The second-order valence-corrected chi connectivity index (χ2v) is 8.56. The van der Waals surface area contributed by atoms with Gasteiger partial charge in [0.2, 0.25) is 4.96 Å². The van der Waals surface area contributed by atoms with Crippen LogP contribution in [0.4, 0.5) is 5.69 Å². The van der Waals surface area contributed by atoms with E-state index in [-0.39, 0.29) is 17.9 Å². The quantitative estimate of drug-likeness (QED) is 0.261. The summed E-state index contributed by atoms with van der Waals surface area (Å²) in [7, 11) is 0. The van der Waals surface area contributed by atoms with Crippen molar-refractivity contribution in [2.45, 2.75) is 6.61 Å². The van der Waals surface area contributed by atoms with Gasteiger partial charge >= 0.3 is 0 Å². The molecule has 0 bridgehead atoms. The van der Waals surface area contributed by atoms with Gasteiger partial charge in [-0.1, -0.05) is 41.1 Å². The van der Waals surface area contributed by atoms with Gasteiger partial charge in [-0.25, -0.2) is 0 Å². The van der Waals surface area contributed by atoms with Crippen LogP contribution in [0.15, 0.2) is 71.8 Å². The molecule has 0 spiro atoms. The number of pyridine rings is 1. The van der Waals surface area contributed by atoms with Gasteiger partial charge in [-0.15, -0.1) is 5.10 Å². The molecule has 5 aromatic rings. The fourth-order valence-electron chi connectivity index (χ4n) is 3.26. The lowest BCUT2D eigenvalue weighted by atomic mass is 10.1. The Morgan fingerprint density at radius 1 is 1.15 bits per heavy atom. The first-order valence-corrected chi connectivity index (χ1v) is 11.2. The number of aromatic nitrogens is 4. The molecule has 3 aromatic heterocycles. The van der Waals surface area contributed by atoms with Crippen LogP contribution in [0.25, 0.3) is 22.4 Å². The Morgan fingerprint density at radius 3 is 2.68 bits per heavy atom. The maximum absolute atomic E-state index is 13.0. The number of nitrogens with zero attached hydrogens (tertiary/aromatic N) is 5. The molecule has 0 saturated heterocycles. The number of hydrogen-bond donors (Lipinski definition) is 0. The fraction of sp³-hybridized carbons (Fsp3) is 0.0435. The van der Waals surface area contributed by atoms with E-state index in [1.165, 1.54) is 22.7 Å². The van der Waals surface area contributed by atoms with E-state index in [0.717, 1.165) is 22.5 Å². The number of ether oxygens (including phenoxy) is 1. The molecule has 0 radical (unpaired) electrons. The molecule has 0 amide bonds. The molecule has 168 valence electrons. The third-order valence-electron chi connectivity index (χ3n) is 4.95. The van der Waals surface area contributed by atoms with E-state index in [4.69, 9.17) is 16.3 Å². The van der Waals surface area contributed by atoms with Crippen molar-refractivity contribution >= 4 is 39.7 Å². The van der Waals surface area contributed by atoms with E-state index in [1.54, 1.807) is 36.7 Å². The normalized spacial score (nSPS) is 11.7. The maximum Gasteiger partial charge on any atom is 0.291 e. The SMILES string of the molecule is O=c1c(=Cc2cc([N+](=O)[O-])ccc2OCc2ccccc2Cl)sc2nc(-c3ccncc3)nn12. The average molecular weight is 492 g/mol. The molecule has 0 atom stereocenters. The van der Waals surface area contributed by atoms with Crippen molar-refractivity contribution in [1.82, 2.24) is 19.6 Å². The van der Waals surface area contributed by atoms with Crippen LogP contribution in [0, 0.1) is 10.1 Å². The minimum Gasteiger partial charge on any atom is -0.488 e. The predicted molar refractivity (Wildman–Crippen MR) is 128 cm³/mol. The van der Waals surface area contributed by atoms with Gasteiger partial charge in [0.25, 0.3) is 11.2 Å².